The molecule has 0 unspecified atom stereocenters. The van der Waals surface area contributed by atoms with E-state index in [1.807, 2.05) is 6.92 Å². The third kappa shape index (κ3) is 5.63. The minimum absolute atomic E-state index is 0.0106. The van der Waals surface area contributed by atoms with E-state index in [1.165, 1.54) is 26.3 Å². The van der Waals surface area contributed by atoms with E-state index >= 15 is 0 Å². The summed E-state index contributed by atoms with van der Waals surface area (Å²) < 4.78 is 26.8. The van der Waals surface area contributed by atoms with E-state index in [4.69, 9.17) is 23.7 Å². The van der Waals surface area contributed by atoms with Crippen LogP contribution in [-0.2, 0) is 23.8 Å². The molecule has 0 radical (unpaired) electrons. The van der Waals surface area contributed by atoms with Gasteiger partial charge in [0.05, 0.1) is 13.2 Å². The molecule has 2 aliphatic rings. The maximum atomic E-state index is 13.0. The predicted molar refractivity (Wildman–Crippen MR) is 107 cm³/mol. The maximum Gasteiger partial charge on any atom is 0.329 e. The Kier molecular flexibility index (Phi) is 7.67. The van der Waals surface area contributed by atoms with Gasteiger partial charge < -0.3 is 29.0 Å². The summed E-state index contributed by atoms with van der Waals surface area (Å²) in [6.07, 6.45) is 3.91. The largest absolute Gasteiger partial charge is 0.493 e. The molecule has 3 rings (SSSR count). The lowest BCUT2D eigenvalue weighted by molar-refractivity contribution is -0.157. The van der Waals surface area contributed by atoms with Gasteiger partial charge in [-0.25, -0.2) is 9.78 Å². The lowest BCUT2D eigenvalue weighted by Crippen LogP contribution is -2.44. The van der Waals surface area contributed by atoms with Crippen molar-refractivity contribution in [3.63, 3.8) is 0 Å². The second-order valence-electron chi connectivity index (χ2n) is 7.57. The molecule has 1 amide bonds. The van der Waals surface area contributed by atoms with Crippen molar-refractivity contribution in [3.05, 3.63) is 18.0 Å². The molecule has 10 heteroatoms. The molecule has 31 heavy (non-hydrogen) atoms. The first kappa shape index (κ1) is 22.8. The van der Waals surface area contributed by atoms with Crippen LogP contribution in [0.25, 0.3) is 0 Å². The number of aromatic nitrogens is 1. The summed E-state index contributed by atoms with van der Waals surface area (Å²) in [6.45, 7) is 3.31. The van der Waals surface area contributed by atoms with E-state index in [1.54, 1.807) is 0 Å². The molecule has 1 aromatic rings. The lowest BCUT2D eigenvalue weighted by Gasteiger charge is -2.24. The number of carbonyl (C=O) groups excluding carboxylic acids is 3. The van der Waals surface area contributed by atoms with Crippen molar-refractivity contribution in [1.29, 1.82) is 0 Å². The zero-order valence-corrected chi connectivity index (χ0v) is 17.9. The highest BCUT2D eigenvalue weighted by Crippen LogP contribution is 2.32. The van der Waals surface area contributed by atoms with Crippen molar-refractivity contribution < 1.29 is 38.1 Å². The molecule has 3 heterocycles. The number of nitrogens with zero attached hydrogens (tertiary/aromatic N) is 1. The van der Waals surface area contributed by atoms with Crippen molar-refractivity contribution in [2.45, 2.75) is 57.8 Å². The average Bonchev–Trinajstić information content (AvgIpc) is 3.21. The Hall–Kier alpha value is -2.88. The fourth-order valence-corrected chi connectivity index (χ4v) is 3.94. The lowest BCUT2D eigenvalue weighted by atomic mass is 9.92. The van der Waals surface area contributed by atoms with Crippen LogP contribution in [0, 0.1) is 5.92 Å². The zero-order valence-electron chi connectivity index (χ0n) is 17.9. The topological polar surface area (TPSA) is 122 Å². The van der Waals surface area contributed by atoms with Crippen molar-refractivity contribution in [2.75, 3.05) is 20.5 Å². The van der Waals surface area contributed by atoms with E-state index in [0.717, 1.165) is 19.3 Å². The first-order chi connectivity index (χ1) is 14.9. The fraction of sp³-hybridized carbons (Fsp3) is 0.619. The van der Waals surface area contributed by atoms with Crippen LogP contribution >= 0.6 is 0 Å². The summed E-state index contributed by atoms with van der Waals surface area (Å²) in [5, 5.41) is 2.70. The molecule has 4 atom stereocenters. The van der Waals surface area contributed by atoms with E-state index < -0.39 is 36.8 Å². The quantitative estimate of drug-likeness (QED) is 0.523. The molecular formula is C21H28N2O8. The van der Waals surface area contributed by atoms with Gasteiger partial charge in [0, 0.05) is 25.8 Å². The van der Waals surface area contributed by atoms with Crippen molar-refractivity contribution in [1.82, 2.24) is 10.3 Å². The fourth-order valence-electron chi connectivity index (χ4n) is 3.94. The normalized spacial score (nSPS) is 25.8. The molecule has 0 aromatic carbocycles. The molecule has 0 spiro atoms. The van der Waals surface area contributed by atoms with Crippen molar-refractivity contribution in [2.24, 2.45) is 5.92 Å². The standard InChI is InChI=1S/C21H28N2O8/c1-12-18-14(8-10-28-18)5-4-6-15(21(26)31-12)23-20(25)17-19(30-11-29-13(2)24)16(27-3)7-9-22-17/h7,9,12,14-15,18H,4-6,8,10-11H2,1-3H3,(H,23,25)/t12-,14+,15-,18-/m0/s1. The van der Waals surface area contributed by atoms with Gasteiger partial charge >= 0.3 is 11.9 Å². The molecule has 170 valence electrons. The number of esters is 2. The first-order valence-corrected chi connectivity index (χ1v) is 10.3. The summed E-state index contributed by atoms with van der Waals surface area (Å²) in [5.41, 5.74) is -0.0903. The number of cyclic esters (lactones) is 1. The van der Waals surface area contributed by atoms with Crippen molar-refractivity contribution in [3.8, 4) is 11.5 Å². The number of amides is 1. The molecule has 1 aromatic heterocycles. The number of fused-ring (bicyclic) bond motifs is 1. The molecule has 2 aliphatic heterocycles. The Morgan fingerprint density at radius 1 is 1.29 bits per heavy atom. The summed E-state index contributed by atoms with van der Waals surface area (Å²) in [4.78, 5) is 40.7. The van der Waals surface area contributed by atoms with Gasteiger partial charge in [-0.2, -0.15) is 0 Å². The molecular weight excluding hydrogens is 408 g/mol. The van der Waals surface area contributed by atoms with Gasteiger partial charge in [-0.15, -0.1) is 0 Å². The maximum absolute atomic E-state index is 13.0. The Bertz CT molecular complexity index is 815. The Morgan fingerprint density at radius 2 is 2.10 bits per heavy atom. The highest BCUT2D eigenvalue weighted by Gasteiger charge is 2.38. The number of rotatable bonds is 6. The molecule has 0 aliphatic carbocycles. The molecule has 1 N–H and O–H groups in total. The van der Waals surface area contributed by atoms with E-state index in [0.29, 0.717) is 18.9 Å². The number of hydrogen-bond acceptors (Lipinski definition) is 9. The summed E-state index contributed by atoms with van der Waals surface area (Å²) in [7, 11) is 1.41. The number of nitrogens with one attached hydrogen (secondary N) is 1. The summed E-state index contributed by atoms with van der Waals surface area (Å²) >= 11 is 0. The molecule has 0 saturated carbocycles. The number of hydrogen-bond donors (Lipinski definition) is 1. The van der Waals surface area contributed by atoms with Crippen LogP contribution in [0.1, 0.15) is 50.0 Å². The third-order valence-corrected chi connectivity index (χ3v) is 5.45. The van der Waals surface area contributed by atoms with Gasteiger partial charge in [-0.05, 0) is 32.1 Å². The van der Waals surface area contributed by atoms with E-state index in [-0.39, 0.29) is 23.3 Å². The SMILES string of the molecule is COc1ccnc(C(=O)N[C@H]2CCC[C@@H]3CCO[C@H]3[C@H](C)OC2=O)c1OCOC(C)=O. The minimum atomic E-state index is -0.830. The smallest absolute Gasteiger partial charge is 0.329 e. The van der Waals surface area contributed by atoms with Crippen LogP contribution in [0.15, 0.2) is 12.3 Å². The molecule has 2 fully saturated rings. The Balaban J connectivity index is 1.73. The van der Waals surface area contributed by atoms with Crippen LogP contribution in [0.5, 0.6) is 11.5 Å². The monoisotopic (exact) mass is 436 g/mol. The second kappa shape index (κ2) is 10.4. The Morgan fingerprint density at radius 3 is 2.84 bits per heavy atom. The third-order valence-electron chi connectivity index (χ3n) is 5.45. The number of ether oxygens (including phenoxy) is 5. The highest BCUT2D eigenvalue weighted by atomic mass is 16.7. The van der Waals surface area contributed by atoms with Crippen LogP contribution in [0.3, 0.4) is 0 Å². The highest BCUT2D eigenvalue weighted by molar-refractivity contribution is 5.98. The van der Waals surface area contributed by atoms with Crippen LogP contribution < -0.4 is 14.8 Å². The second-order valence-corrected chi connectivity index (χ2v) is 7.57. The summed E-state index contributed by atoms with van der Waals surface area (Å²) in [6, 6.07) is 0.678. The minimum Gasteiger partial charge on any atom is -0.493 e. The van der Waals surface area contributed by atoms with Crippen LogP contribution in [-0.4, -0.2) is 61.6 Å². The zero-order chi connectivity index (χ0) is 22.4. The molecule has 2 saturated heterocycles. The predicted octanol–water partition coefficient (Wildman–Crippen LogP) is 1.61. The number of pyridine rings is 1. The van der Waals surface area contributed by atoms with Crippen LogP contribution in [0.4, 0.5) is 0 Å². The van der Waals surface area contributed by atoms with Gasteiger partial charge in [0.1, 0.15) is 12.1 Å². The van der Waals surface area contributed by atoms with Gasteiger partial charge in [0.15, 0.2) is 17.2 Å². The van der Waals surface area contributed by atoms with Gasteiger partial charge in [-0.1, -0.05) is 6.42 Å². The van der Waals surface area contributed by atoms with Gasteiger partial charge in [0.2, 0.25) is 6.79 Å². The molecule has 10 nitrogen and oxygen atoms in total. The Labute approximate surface area is 180 Å². The molecule has 0 bridgehead atoms. The van der Waals surface area contributed by atoms with Crippen molar-refractivity contribution >= 4 is 17.8 Å². The number of carbonyl (C=O) groups is 3. The van der Waals surface area contributed by atoms with Gasteiger partial charge in [-0.3, -0.25) is 9.59 Å². The number of methoxy groups -OCH3 is 1. The van der Waals surface area contributed by atoms with E-state index in [9.17, 15) is 14.4 Å². The van der Waals surface area contributed by atoms with Crippen LogP contribution in [0.2, 0.25) is 0 Å². The summed E-state index contributed by atoms with van der Waals surface area (Å²) in [5.74, 6) is -1.08. The van der Waals surface area contributed by atoms with E-state index in [2.05, 4.69) is 10.3 Å². The first-order valence-electron chi connectivity index (χ1n) is 10.3. The van der Waals surface area contributed by atoms with Gasteiger partial charge in [0.25, 0.3) is 5.91 Å². The average molecular weight is 436 g/mol.